The highest BCUT2D eigenvalue weighted by Crippen LogP contribution is 2.20. The SMILES string of the molecule is Cn1cnc(Cn2c3ccccc3c(=O)c3ccccc32)c1. The van der Waals surface area contributed by atoms with Crippen molar-refractivity contribution in [2.75, 3.05) is 0 Å². The lowest BCUT2D eigenvalue weighted by Crippen LogP contribution is -2.12. The first kappa shape index (κ1) is 12.8. The van der Waals surface area contributed by atoms with Crippen LogP contribution in [0.3, 0.4) is 0 Å². The Morgan fingerprint density at radius 3 is 2.09 bits per heavy atom. The molecule has 0 aliphatic rings. The molecule has 2 aromatic heterocycles. The smallest absolute Gasteiger partial charge is 0.197 e. The van der Waals surface area contributed by atoms with Crippen LogP contribution in [-0.2, 0) is 13.6 Å². The summed E-state index contributed by atoms with van der Waals surface area (Å²) in [4.78, 5) is 17.1. The summed E-state index contributed by atoms with van der Waals surface area (Å²) in [6.45, 7) is 0.641. The number of benzene rings is 2. The van der Waals surface area contributed by atoms with Gasteiger partial charge in [-0.3, -0.25) is 4.79 Å². The van der Waals surface area contributed by atoms with E-state index in [9.17, 15) is 4.79 Å². The molecule has 0 spiro atoms. The lowest BCUT2D eigenvalue weighted by Gasteiger charge is -2.14. The lowest BCUT2D eigenvalue weighted by atomic mass is 10.1. The van der Waals surface area contributed by atoms with E-state index >= 15 is 0 Å². The summed E-state index contributed by atoms with van der Waals surface area (Å²) in [5.41, 5.74) is 2.94. The van der Waals surface area contributed by atoms with Crippen molar-refractivity contribution >= 4 is 21.8 Å². The molecule has 22 heavy (non-hydrogen) atoms. The lowest BCUT2D eigenvalue weighted by molar-refractivity contribution is 0.834. The molecule has 0 saturated heterocycles. The molecular weight excluding hydrogens is 274 g/mol. The number of hydrogen-bond acceptors (Lipinski definition) is 2. The maximum atomic E-state index is 12.7. The third-order valence-corrected chi connectivity index (χ3v) is 3.96. The zero-order valence-corrected chi connectivity index (χ0v) is 12.2. The van der Waals surface area contributed by atoms with Crippen molar-refractivity contribution < 1.29 is 0 Å². The highest BCUT2D eigenvalue weighted by molar-refractivity contribution is 5.93. The molecule has 0 amide bonds. The van der Waals surface area contributed by atoms with Crippen molar-refractivity contribution in [3.05, 3.63) is 77.0 Å². The number of imidazole rings is 1. The van der Waals surface area contributed by atoms with Gasteiger partial charge in [0.25, 0.3) is 0 Å². The molecule has 0 unspecified atom stereocenters. The largest absolute Gasteiger partial charge is 0.340 e. The number of fused-ring (bicyclic) bond motifs is 2. The van der Waals surface area contributed by atoms with Gasteiger partial charge in [0.15, 0.2) is 5.43 Å². The zero-order valence-electron chi connectivity index (χ0n) is 12.2. The third-order valence-electron chi connectivity index (χ3n) is 3.96. The molecule has 108 valence electrons. The molecule has 0 N–H and O–H groups in total. The average Bonchev–Trinajstić information content (AvgIpc) is 2.97. The van der Waals surface area contributed by atoms with E-state index in [2.05, 4.69) is 9.55 Å². The minimum Gasteiger partial charge on any atom is -0.340 e. The molecule has 4 rings (SSSR count). The summed E-state index contributed by atoms with van der Waals surface area (Å²) in [5, 5.41) is 1.49. The van der Waals surface area contributed by atoms with Crippen LogP contribution in [0, 0.1) is 0 Å². The molecule has 0 bridgehead atoms. The van der Waals surface area contributed by atoms with Gasteiger partial charge < -0.3 is 9.13 Å². The Kier molecular flexibility index (Phi) is 2.82. The molecule has 0 aliphatic heterocycles. The maximum Gasteiger partial charge on any atom is 0.197 e. The number of hydrogen-bond donors (Lipinski definition) is 0. The Hall–Kier alpha value is -2.88. The first-order valence-corrected chi connectivity index (χ1v) is 7.21. The van der Waals surface area contributed by atoms with Gasteiger partial charge in [-0.1, -0.05) is 24.3 Å². The van der Waals surface area contributed by atoms with Crippen molar-refractivity contribution in [3.63, 3.8) is 0 Å². The molecule has 0 aliphatic carbocycles. The number of aryl methyl sites for hydroxylation is 1. The number of aromatic nitrogens is 3. The van der Waals surface area contributed by atoms with E-state index in [4.69, 9.17) is 0 Å². The van der Waals surface area contributed by atoms with Crippen molar-refractivity contribution in [2.45, 2.75) is 6.54 Å². The molecule has 0 radical (unpaired) electrons. The predicted octanol–water partition coefficient (Wildman–Crippen LogP) is 2.94. The maximum absolute atomic E-state index is 12.7. The highest BCUT2D eigenvalue weighted by Gasteiger charge is 2.11. The van der Waals surface area contributed by atoms with Crippen LogP contribution in [0.1, 0.15) is 5.69 Å². The van der Waals surface area contributed by atoms with E-state index in [-0.39, 0.29) is 5.43 Å². The van der Waals surface area contributed by atoms with Gasteiger partial charge >= 0.3 is 0 Å². The van der Waals surface area contributed by atoms with Gasteiger partial charge in [-0.05, 0) is 24.3 Å². The molecule has 4 nitrogen and oxygen atoms in total. The summed E-state index contributed by atoms with van der Waals surface area (Å²) < 4.78 is 4.09. The zero-order chi connectivity index (χ0) is 15.1. The van der Waals surface area contributed by atoms with Crippen LogP contribution >= 0.6 is 0 Å². The summed E-state index contributed by atoms with van der Waals surface area (Å²) >= 11 is 0. The number of nitrogens with zero attached hydrogens (tertiary/aromatic N) is 3. The second-order valence-corrected chi connectivity index (χ2v) is 5.48. The second kappa shape index (κ2) is 4.84. The minimum absolute atomic E-state index is 0.0865. The Labute approximate surface area is 127 Å². The molecule has 0 atom stereocenters. The van der Waals surface area contributed by atoms with E-state index in [1.807, 2.05) is 66.3 Å². The Morgan fingerprint density at radius 2 is 1.55 bits per heavy atom. The first-order valence-electron chi connectivity index (χ1n) is 7.21. The molecule has 2 aromatic carbocycles. The summed E-state index contributed by atoms with van der Waals surface area (Å²) in [7, 11) is 1.96. The van der Waals surface area contributed by atoms with Crippen molar-refractivity contribution in [1.29, 1.82) is 0 Å². The third kappa shape index (κ3) is 1.92. The molecular formula is C18H15N3O. The van der Waals surface area contributed by atoms with Crippen molar-refractivity contribution in [3.8, 4) is 0 Å². The van der Waals surface area contributed by atoms with Gasteiger partial charge in [-0.25, -0.2) is 4.98 Å². The summed E-state index contributed by atoms with van der Waals surface area (Å²) in [5.74, 6) is 0. The van der Waals surface area contributed by atoms with Crippen LogP contribution < -0.4 is 5.43 Å². The van der Waals surface area contributed by atoms with Crippen LogP contribution in [-0.4, -0.2) is 14.1 Å². The molecule has 4 aromatic rings. The Bertz CT molecular complexity index is 983. The van der Waals surface area contributed by atoms with E-state index in [1.165, 1.54) is 0 Å². The summed E-state index contributed by atoms with van der Waals surface area (Å²) in [6.07, 6.45) is 3.80. The van der Waals surface area contributed by atoms with Gasteiger partial charge in [0.1, 0.15) is 0 Å². The Morgan fingerprint density at radius 1 is 0.955 bits per heavy atom. The molecule has 0 saturated carbocycles. The second-order valence-electron chi connectivity index (χ2n) is 5.48. The van der Waals surface area contributed by atoms with Crippen LogP contribution in [0.15, 0.2) is 65.8 Å². The van der Waals surface area contributed by atoms with Crippen LogP contribution in [0.4, 0.5) is 0 Å². The van der Waals surface area contributed by atoms with Gasteiger partial charge in [0.05, 0.1) is 29.6 Å². The number of para-hydroxylation sites is 2. The molecule has 0 fully saturated rings. The van der Waals surface area contributed by atoms with Gasteiger partial charge in [0.2, 0.25) is 0 Å². The predicted molar refractivity (Wildman–Crippen MR) is 88.0 cm³/mol. The quantitative estimate of drug-likeness (QED) is 0.532. The van der Waals surface area contributed by atoms with E-state index < -0.39 is 0 Å². The fourth-order valence-electron chi connectivity index (χ4n) is 2.96. The van der Waals surface area contributed by atoms with E-state index in [0.717, 1.165) is 27.5 Å². The standard InChI is InChI=1S/C18H15N3O/c1-20-10-13(19-12-20)11-21-16-8-4-2-6-14(16)18(22)15-7-3-5-9-17(15)21/h2-10,12H,11H2,1H3. The fraction of sp³-hybridized carbons (Fsp3) is 0.111. The van der Waals surface area contributed by atoms with Crippen LogP contribution in [0.25, 0.3) is 21.8 Å². The monoisotopic (exact) mass is 289 g/mol. The minimum atomic E-state index is 0.0865. The average molecular weight is 289 g/mol. The van der Waals surface area contributed by atoms with Gasteiger partial charge in [-0.15, -0.1) is 0 Å². The van der Waals surface area contributed by atoms with Crippen LogP contribution in [0.2, 0.25) is 0 Å². The first-order chi connectivity index (χ1) is 10.7. The Balaban J connectivity index is 2.09. The van der Waals surface area contributed by atoms with Crippen molar-refractivity contribution in [1.82, 2.24) is 14.1 Å². The number of rotatable bonds is 2. The fourth-order valence-corrected chi connectivity index (χ4v) is 2.96. The molecule has 4 heteroatoms. The topological polar surface area (TPSA) is 39.8 Å². The normalized spacial score (nSPS) is 11.3. The van der Waals surface area contributed by atoms with E-state index in [0.29, 0.717) is 6.54 Å². The number of pyridine rings is 1. The van der Waals surface area contributed by atoms with Crippen LogP contribution in [0.5, 0.6) is 0 Å². The van der Waals surface area contributed by atoms with E-state index in [1.54, 1.807) is 6.33 Å². The summed E-state index contributed by atoms with van der Waals surface area (Å²) in [6, 6.07) is 15.5. The molecule has 2 heterocycles. The van der Waals surface area contributed by atoms with Gasteiger partial charge in [0, 0.05) is 24.0 Å². The van der Waals surface area contributed by atoms with Gasteiger partial charge in [-0.2, -0.15) is 0 Å². The van der Waals surface area contributed by atoms with Crippen molar-refractivity contribution in [2.24, 2.45) is 7.05 Å². The highest BCUT2D eigenvalue weighted by atomic mass is 16.1.